The van der Waals surface area contributed by atoms with E-state index in [4.69, 9.17) is 8.85 Å². The molecule has 0 aromatic rings. The standard InChI is InChI=1S/C11H22O2Si/c1-12-14(13-2,9-10-7-8-10)11-5-3-4-6-11/h10-11H,3-9H2,1-2H3. The number of hydrogen-bond acceptors (Lipinski definition) is 2. The van der Waals surface area contributed by atoms with Gasteiger partial charge in [0.1, 0.15) is 0 Å². The summed E-state index contributed by atoms with van der Waals surface area (Å²) in [6, 6.07) is 1.25. The van der Waals surface area contributed by atoms with E-state index in [0.29, 0.717) is 0 Å². The fraction of sp³-hybridized carbons (Fsp3) is 1.00. The third kappa shape index (κ3) is 2.04. The minimum absolute atomic E-state index is 0.776. The number of hydrogen-bond donors (Lipinski definition) is 0. The third-order valence-corrected chi connectivity index (χ3v) is 8.29. The molecule has 0 amide bonds. The Balaban J connectivity index is 2.01. The van der Waals surface area contributed by atoms with Crippen molar-refractivity contribution in [1.29, 1.82) is 0 Å². The van der Waals surface area contributed by atoms with E-state index in [-0.39, 0.29) is 0 Å². The molecule has 2 nitrogen and oxygen atoms in total. The van der Waals surface area contributed by atoms with E-state index in [1.165, 1.54) is 44.6 Å². The average Bonchev–Trinajstić information content (AvgIpc) is 2.85. The molecule has 14 heavy (non-hydrogen) atoms. The molecule has 0 N–H and O–H groups in total. The van der Waals surface area contributed by atoms with Crippen molar-refractivity contribution in [3.8, 4) is 0 Å². The molecule has 2 aliphatic rings. The van der Waals surface area contributed by atoms with Crippen LogP contribution in [0.25, 0.3) is 0 Å². The summed E-state index contributed by atoms with van der Waals surface area (Å²) < 4.78 is 11.7. The normalized spacial score (nSPS) is 24.4. The van der Waals surface area contributed by atoms with Gasteiger partial charge < -0.3 is 8.85 Å². The Kier molecular flexibility index (Phi) is 3.29. The Morgan fingerprint density at radius 2 is 1.57 bits per heavy atom. The van der Waals surface area contributed by atoms with Gasteiger partial charge in [-0.25, -0.2) is 0 Å². The van der Waals surface area contributed by atoms with Gasteiger partial charge in [-0.05, 0) is 24.8 Å². The molecule has 0 aromatic carbocycles. The smallest absolute Gasteiger partial charge is 0.341 e. The van der Waals surface area contributed by atoms with Crippen LogP contribution in [0, 0.1) is 5.92 Å². The molecule has 0 aliphatic heterocycles. The van der Waals surface area contributed by atoms with Crippen molar-refractivity contribution in [3.05, 3.63) is 0 Å². The van der Waals surface area contributed by atoms with E-state index in [2.05, 4.69) is 0 Å². The second-order valence-corrected chi connectivity index (χ2v) is 8.51. The van der Waals surface area contributed by atoms with Crippen LogP contribution in [0.2, 0.25) is 11.6 Å². The maximum Gasteiger partial charge on any atom is 0.341 e. The van der Waals surface area contributed by atoms with Crippen molar-refractivity contribution in [2.24, 2.45) is 5.92 Å². The Hall–Kier alpha value is 0.137. The lowest BCUT2D eigenvalue weighted by Gasteiger charge is -2.33. The van der Waals surface area contributed by atoms with Crippen molar-refractivity contribution in [3.63, 3.8) is 0 Å². The topological polar surface area (TPSA) is 18.5 Å². The van der Waals surface area contributed by atoms with Crippen LogP contribution in [-0.2, 0) is 8.85 Å². The van der Waals surface area contributed by atoms with Crippen LogP contribution in [-0.4, -0.2) is 22.8 Å². The second-order valence-electron chi connectivity index (χ2n) is 4.85. The molecular formula is C11H22O2Si. The minimum Gasteiger partial charge on any atom is -0.397 e. The van der Waals surface area contributed by atoms with E-state index in [1.807, 2.05) is 14.2 Å². The number of rotatable bonds is 5. The van der Waals surface area contributed by atoms with E-state index in [1.54, 1.807) is 0 Å². The van der Waals surface area contributed by atoms with E-state index < -0.39 is 8.56 Å². The minimum atomic E-state index is -1.81. The summed E-state index contributed by atoms with van der Waals surface area (Å²) in [5.74, 6) is 0.933. The Labute approximate surface area is 88.2 Å². The van der Waals surface area contributed by atoms with Gasteiger partial charge >= 0.3 is 8.56 Å². The van der Waals surface area contributed by atoms with Gasteiger partial charge in [-0.1, -0.05) is 25.7 Å². The first-order valence-corrected chi connectivity index (χ1v) is 8.01. The molecule has 2 aliphatic carbocycles. The van der Waals surface area contributed by atoms with Crippen molar-refractivity contribution in [2.45, 2.75) is 50.1 Å². The summed E-state index contributed by atoms with van der Waals surface area (Å²) in [6.07, 6.45) is 8.29. The largest absolute Gasteiger partial charge is 0.397 e. The molecule has 3 heteroatoms. The highest BCUT2D eigenvalue weighted by atomic mass is 28.4. The molecule has 0 spiro atoms. The van der Waals surface area contributed by atoms with Crippen LogP contribution >= 0.6 is 0 Å². The van der Waals surface area contributed by atoms with Crippen molar-refractivity contribution >= 4 is 8.56 Å². The third-order valence-electron chi connectivity index (χ3n) is 3.94. The zero-order valence-corrected chi connectivity index (χ0v) is 10.4. The molecule has 0 radical (unpaired) electrons. The molecule has 2 rings (SSSR count). The van der Waals surface area contributed by atoms with Crippen LogP contribution in [0.15, 0.2) is 0 Å². The first-order valence-electron chi connectivity index (χ1n) is 5.91. The van der Waals surface area contributed by atoms with Gasteiger partial charge in [0.25, 0.3) is 0 Å². The first kappa shape index (κ1) is 10.6. The molecular weight excluding hydrogens is 192 g/mol. The molecule has 0 aromatic heterocycles. The average molecular weight is 214 g/mol. The highest BCUT2D eigenvalue weighted by molar-refractivity contribution is 6.69. The van der Waals surface area contributed by atoms with E-state index in [0.717, 1.165) is 11.5 Å². The lowest BCUT2D eigenvalue weighted by Crippen LogP contribution is -2.44. The van der Waals surface area contributed by atoms with E-state index >= 15 is 0 Å². The van der Waals surface area contributed by atoms with Gasteiger partial charge in [0.05, 0.1) is 0 Å². The van der Waals surface area contributed by atoms with Crippen LogP contribution in [0.1, 0.15) is 38.5 Å². The molecule has 0 heterocycles. The molecule has 0 bridgehead atoms. The molecule has 82 valence electrons. The summed E-state index contributed by atoms with van der Waals surface area (Å²) in [4.78, 5) is 0. The fourth-order valence-corrected chi connectivity index (χ4v) is 6.84. The van der Waals surface area contributed by atoms with Crippen molar-refractivity contribution < 1.29 is 8.85 Å². The Morgan fingerprint density at radius 1 is 1.00 bits per heavy atom. The van der Waals surface area contributed by atoms with Gasteiger partial charge in [-0.3, -0.25) is 0 Å². The zero-order chi connectivity index (χ0) is 10.0. The van der Waals surface area contributed by atoms with Crippen LogP contribution in [0.5, 0.6) is 0 Å². The quantitative estimate of drug-likeness (QED) is 0.655. The summed E-state index contributed by atoms with van der Waals surface area (Å²) in [6.45, 7) is 0. The van der Waals surface area contributed by atoms with E-state index in [9.17, 15) is 0 Å². The summed E-state index contributed by atoms with van der Waals surface area (Å²) in [5.41, 5.74) is 0.776. The summed E-state index contributed by atoms with van der Waals surface area (Å²) in [5, 5.41) is 0. The predicted octanol–water partition coefficient (Wildman–Crippen LogP) is 3.08. The van der Waals surface area contributed by atoms with Gasteiger partial charge in [0.15, 0.2) is 0 Å². The van der Waals surface area contributed by atoms with Crippen molar-refractivity contribution in [1.82, 2.24) is 0 Å². The maximum absolute atomic E-state index is 5.84. The molecule has 0 unspecified atom stereocenters. The molecule has 0 atom stereocenters. The van der Waals surface area contributed by atoms with Crippen LogP contribution in [0.3, 0.4) is 0 Å². The first-order chi connectivity index (χ1) is 6.80. The van der Waals surface area contributed by atoms with Crippen LogP contribution in [0.4, 0.5) is 0 Å². The SMILES string of the molecule is CO[Si](CC1CC1)(OC)C1CCCC1. The lowest BCUT2D eigenvalue weighted by atomic mass is 10.4. The van der Waals surface area contributed by atoms with Gasteiger partial charge in [-0.15, -0.1) is 0 Å². The zero-order valence-electron chi connectivity index (χ0n) is 9.42. The lowest BCUT2D eigenvalue weighted by molar-refractivity contribution is 0.225. The summed E-state index contributed by atoms with van der Waals surface area (Å²) in [7, 11) is 1.93. The highest BCUT2D eigenvalue weighted by Crippen LogP contribution is 2.46. The summed E-state index contributed by atoms with van der Waals surface area (Å²) >= 11 is 0. The Bertz CT molecular complexity index is 182. The van der Waals surface area contributed by atoms with Crippen molar-refractivity contribution in [2.75, 3.05) is 14.2 Å². The van der Waals surface area contributed by atoms with Gasteiger partial charge in [0, 0.05) is 19.8 Å². The molecule has 0 saturated heterocycles. The fourth-order valence-electron chi connectivity index (χ4n) is 2.84. The highest BCUT2D eigenvalue weighted by Gasteiger charge is 2.48. The van der Waals surface area contributed by atoms with Gasteiger partial charge in [0.2, 0.25) is 0 Å². The van der Waals surface area contributed by atoms with Crippen LogP contribution < -0.4 is 0 Å². The second kappa shape index (κ2) is 4.33. The molecule has 2 fully saturated rings. The monoisotopic (exact) mass is 214 g/mol. The van der Waals surface area contributed by atoms with Gasteiger partial charge in [-0.2, -0.15) is 0 Å². The maximum atomic E-state index is 5.84. The predicted molar refractivity (Wildman–Crippen MR) is 59.5 cm³/mol. The Morgan fingerprint density at radius 3 is 2.00 bits per heavy atom. The molecule has 2 saturated carbocycles.